The van der Waals surface area contributed by atoms with Crippen LogP contribution in [0.25, 0.3) is 6.08 Å². The van der Waals surface area contributed by atoms with Crippen molar-refractivity contribution in [3.05, 3.63) is 26.4 Å². The van der Waals surface area contributed by atoms with E-state index in [1.54, 1.807) is 18.3 Å². The van der Waals surface area contributed by atoms with Crippen LogP contribution < -0.4 is 0 Å². The molecule has 0 atom stereocenters. The molecule has 0 saturated heterocycles. The number of hydrogen-bond donors (Lipinski definition) is 0. The number of Topliss-reactive ketones (excluding diaryl/α,β-unsaturated/α-hetero) is 1. The van der Waals surface area contributed by atoms with E-state index >= 15 is 0 Å². The fourth-order valence-corrected chi connectivity index (χ4v) is 2.18. The summed E-state index contributed by atoms with van der Waals surface area (Å²) >= 11 is 5.02. The van der Waals surface area contributed by atoms with Gasteiger partial charge in [-0.3, -0.25) is 4.79 Å². The van der Waals surface area contributed by atoms with Gasteiger partial charge in [-0.2, -0.15) is 0 Å². The van der Waals surface area contributed by atoms with E-state index in [1.807, 2.05) is 24.4 Å². The highest BCUT2D eigenvalue weighted by atomic mass is 79.9. The topological polar surface area (TPSA) is 17.1 Å². The molecule has 12 heavy (non-hydrogen) atoms. The van der Waals surface area contributed by atoms with Crippen molar-refractivity contribution in [2.75, 3.05) is 0 Å². The number of allylic oxidation sites excluding steroid dienone is 1. The lowest BCUT2D eigenvalue weighted by Crippen LogP contribution is -1.89. The standard InChI is InChI=1S/C9H9BrOS/c1-6(7(2)11)5-9-8(10)3-4-12-9/h3-5H,1-2H3/b6-5+. The molecular weight excluding hydrogens is 236 g/mol. The van der Waals surface area contributed by atoms with Crippen molar-refractivity contribution >= 4 is 39.1 Å². The molecule has 1 aromatic rings. The van der Waals surface area contributed by atoms with Crippen molar-refractivity contribution < 1.29 is 4.79 Å². The monoisotopic (exact) mass is 244 g/mol. The molecule has 1 rings (SSSR count). The third kappa shape index (κ3) is 2.29. The van der Waals surface area contributed by atoms with Crippen LogP contribution in [0.4, 0.5) is 0 Å². The first-order chi connectivity index (χ1) is 5.61. The minimum Gasteiger partial charge on any atom is -0.295 e. The van der Waals surface area contributed by atoms with Crippen molar-refractivity contribution in [2.24, 2.45) is 0 Å². The van der Waals surface area contributed by atoms with Gasteiger partial charge in [-0.05, 0) is 52.9 Å². The van der Waals surface area contributed by atoms with Gasteiger partial charge in [-0.15, -0.1) is 11.3 Å². The van der Waals surface area contributed by atoms with Gasteiger partial charge in [-0.25, -0.2) is 0 Å². The smallest absolute Gasteiger partial charge is 0.155 e. The number of rotatable bonds is 2. The molecule has 0 aromatic carbocycles. The summed E-state index contributed by atoms with van der Waals surface area (Å²) in [5.41, 5.74) is 0.790. The van der Waals surface area contributed by atoms with Crippen molar-refractivity contribution in [3.8, 4) is 0 Å². The van der Waals surface area contributed by atoms with Crippen LogP contribution in [0.5, 0.6) is 0 Å². The number of thiophene rings is 1. The molecule has 0 aliphatic rings. The summed E-state index contributed by atoms with van der Waals surface area (Å²) in [5.74, 6) is 0.121. The van der Waals surface area contributed by atoms with E-state index < -0.39 is 0 Å². The van der Waals surface area contributed by atoms with Crippen molar-refractivity contribution in [2.45, 2.75) is 13.8 Å². The second-order valence-corrected chi connectivity index (χ2v) is 4.32. The summed E-state index contributed by atoms with van der Waals surface area (Å²) in [6, 6.07) is 1.98. The molecule has 0 spiro atoms. The Labute approximate surface area is 84.2 Å². The van der Waals surface area contributed by atoms with Crippen LogP contribution in [-0.4, -0.2) is 5.78 Å². The lowest BCUT2D eigenvalue weighted by molar-refractivity contribution is -0.113. The molecule has 0 radical (unpaired) electrons. The molecule has 0 aliphatic heterocycles. The molecule has 0 unspecified atom stereocenters. The molecule has 1 aromatic heterocycles. The Kier molecular flexibility index (Phi) is 3.23. The molecule has 0 N–H and O–H groups in total. The molecule has 1 nitrogen and oxygen atoms in total. The normalized spacial score (nSPS) is 11.8. The van der Waals surface area contributed by atoms with E-state index in [-0.39, 0.29) is 5.78 Å². The van der Waals surface area contributed by atoms with E-state index in [2.05, 4.69) is 15.9 Å². The fourth-order valence-electron chi connectivity index (χ4n) is 0.707. The Hall–Kier alpha value is -0.410. The zero-order valence-electron chi connectivity index (χ0n) is 6.93. The maximum atomic E-state index is 10.9. The number of ketones is 1. The lowest BCUT2D eigenvalue weighted by Gasteiger charge is -1.92. The average molecular weight is 245 g/mol. The van der Waals surface area contributed by atoms with E-state index in [0.717, 1.165) is 14.9 Å². The summed E-state index contributed by atoms with van der Waals surface area (Å²) in [5, 5.41) is 1.99. The summed E-state index contributed by atoms with van der Waals surface area (Å²) in [6.07, 6.45) is 1.90. The first-order valence-electron chi connectivity index (χ1n) is 3.53. The van der Waals surface area contributed by atoms with Gasteiger partial charge in [-0.1, -0.05) is 0 Å². The average Bonchev–Trinajstić information content (AvgIpc) is 2.36. The summed E-state index contributed by atoms with van der Waals surface area (Å²) < 4.78 is 1.05. The fraction of sp³-hybridized carbons (Fsp3) is 0.222. The van der Waals surface area contributed by atoms with Gasteiger partial charge < -0.3 is 0 Å². The van der Waals surface area contributed by atoms with Gasteiger partial charge in [0.2, 0.25) is 0 Å². The van der Waals surface area contributed by atoms with Gasteiger partial charge >= 0.3 is 0 Å². The molecule has 0 fully saturated rings. The Morgan fingerprint density at radius 1 is 1.58 bits per heavy atom. The summed E-state index contributed by atoms with van der Waals surface area (Å²) in [4.78, 5) is 12.0. The zero-order chi connectivity index (χ0) is 9.14. The van der Waals surface area contributed by atoms with Crippen LogP contribution >= 0.6 is 27.3 Å². The van der Waals surface area contributed by atoms with Crippen LogP contribution in [0.2, 0.25) is 0 Å². The summed E-state index contributed by atoms with van der Waals surface area (Å²) in [6.45, 7) is 3.40. The van der Waals surface area contributed by atoms with Crippen molar-refractivity contribution in [1.29, 1.82) is 0 Å². The van der Waals surface area contributed by atoms with Crippen LogP contribution in [-0.2, 0) is 4.79 Å². The molecule has 0 bridgehead atoms. The summed E-state index contributed by atoms with van der Waals surface area (Å²) in [7, 11) is 0. The third-order valence-electron chi connectivity index (χ3n) is 1.55. The van der Waals surface area contributed by atoms with Crippen LogP contribution in [0.1, 0.15) is 18.7 Å². The predicted molar refractivity (Wildman–Crippen MR) is 56.4 cm³/mol. The van der Waals surface area contributed by atoms with Crippen molar-refractivity contribution in [3.63, 3.8) is 0 Å². The van der Waals surface area contributed by atoms with Gasteiger partial charge in [0, 0.05) is 9.35 Å². The highest BCUT2D eigenvalue weighted by Crippen LogP contribution is 2.25. The van der Waals surface area contributed by atoms with Crippen molar-refractivity contribution in [1.82, 2.24) is 0 Å². The van der Waals surface area contributed by atoms with Crippen LogP contribution in [0.3, 0.4) is 0 Å². The first kappa shape index (κ1) is 9.68. The van der Waals surface area contributed by atoms with E-state index in [1.165, 1.54) is 0 Å². The molecule has 0 amide bonds. The largest absolute Gasteiger partial charge is 0.295 e. The second kappa shape index (κ2) is 4.01. The number of halogens is 1. The Balaban J connectivity index is 2.95. The van der Waals surface area contributed by atoms with Gasteiger partial charge in [0.1, 0.15) is 0 Å². The van der Waals surface area contributed by atoms with E-state index in [9.17, 15) is 4.79 Å². The maximum absolute atomic E-state index is 10.9. The highest BCUT2D eigenvalue weighted by Gasteiger charge is 2.00. The molecule has 3 heteroatoms. The molecule has 1 heterocycles. The quantitative estimate of drug-likeness (QED) is 0.729. The van der Waals surface area contributed by atoms with E-state index in [0.29, 0.717) is 0 Å². The lowest BCUT2D eigenvalue weighted by atomic mass is 10.2. The minimum atomic E-state index is 0.121. The van der Waals surface area contributed by atoms with Gasteiger partial charge in [0.15, 0.2) is 5.78 Å². The SMILES string of the molecule is CC(=O)/C(C)=C/c1sccc1Br. The Bertz CT molecular complexity index is 325. The van der Waals surface area contributed by atoms with Gasteiger partial charge in [0.25, 0.3) is 0 Å². The second-order valence-electron chi connectivity index (χ2n) is 2.52. The minimum absolute atomic E-state index is 0.121. The number of hydrogen-bond acceptors (Lipinski definition) is 2. The first-order valence-corrected chi connectivity index (χ1v) is 5.20. The molecule has 0 saturated carbocycles. The maximum Gasteiger partial charge on any atom is 0.155 e. The molecule has 64 valence electrons. The molecule has 0 aliphatic carbocycles. The zero-order valence-corrected chi connectivity index (χ0v) is 9.33. The Morgan fingerprint density at radius 3 is 2.67 bits per heavy atom. The Morgan fingerprint density at radius 2 is 2.25 bits per heavy atom. The third-order valence-corrected chi connectivity index (χ3v) is 3.37. The van der Waals surface area contributed by atoms with Crippen LogP contribution in [0.15, 0.2) is 21.5 Å². The van der Waals surface area contributed by atoms with Gasteiger partial charge in [0.05, 0.1) is 0 Å². The number of carbonyl (C=O) groups excluding carboxylic acids is 1. The molecular formula is C9H9BrOS. The number of carbonyl (C=O) groups is 1. The predicted octanol–water partition coefficient (Wildman–Crippen LogP) is 3.50. The van der Waals surface area contributed by atoms with Crippen LogP contribution in [0, 0.1) is 0 Å². The highest BCUT2D eigenvalue weighted by molar-refractivity contribution is 9.10. The van der Waals surface area contributed by atoms with E-state index in [4.69, 9.17) is 0 Å².